The van der Waals surface area contributed by atoms with Crippen molar-refractivity contribution in [3.05, 3.63) is 63.8 Å². The van der Waals surface area contributed by atoms with Crippen molar-refractivity contribution < 1.29 is 13.9 Å². The highest BCUT2D eigenvalue weighted by molar-refractivity contribution is 5.92. The highest BCUT2D eigenvalue weighted by Crippen LogP contribution is 2.23. The molecule has 0 spiro atoms. The largest absolute Gasteiger partial charge is 0.370 e. The fourth-order valence-electron chi connectivity index (χ4n) is 2.34. The highest BCUT2D eigenvalue weighted by atomic mass is 19.1. The molecule has 6 nitrogen and oxygen atoms in total. The van der Waals surface area contributed by atoms with E-state index in [0.29, 0.717) is 19.7 Å². The van der Waals surface area contributed by atoms with E-state index in [4.69, 9.17) is 4.74 Å². The van der Waals surface area contributed by atoms with E-state index >= 15 is 0 Å². The standard InChI is InChI=1S/C15H14FN3O3/c16-11-3-1-10(2-4-11)13-9-19(7-8-22-13)15(21)12-5-6-14(20)18-17-12/h1-6,13H,7-9H2,(H,18,20). The fraction of sp³-hybridized carbons (Fsp3) is 0.267. The van der Waals surface area contributed by atoms with Gasteiger partial charge in [-0.1, -0.05) is 12.1 Å². The predicted molar refractivity (Wildman–Crippen MR) is 75.9 cm³/mol. The van der Waals surface area contributed by atoms with Crippen LogP contribution in [0.15, 0.2) is 41.2 Å². The summed E-state index contributed by atoms with van der Waals surface area (Å²) in [6.45, 7) is 1.18. The smallest absolute Gasteiger partial charge is 0.274 e. The molecule has 0 saturated carbocycles. The van der Waals surface area contributed by atoms with Crippen molar-refractivity contribution in [1.82, 2.24) is 15.1 Å². The molecule has 1 atom stereocenters. The summed E-state index contributed by atoms with van der Waals surface area (Å²) in [7, 11) is 0. The molecule has 1 aliphatic rings. The van der Waals surface area contributed by atoms with E-state index < -0.39 is 0 Å². The maximum atomic E-state index is 13.0. The van der Waals surface area contributed by atoms with Crippen LogP contribution in [-0.2, 0) is 4.74 Å². The van der Waals surface area contributed by atoms with Crippen LogP contribution >= 0.6 is 0 Å². The number of amides is 1. The van der Waals surface area contributed by atoms with Crippen LogP contribution in [0.25, 0.3) is 0 Å². The Hall–Kier alpha value is -2.54. The molecule has 3 rings (SSSR count). The van der Waals surface area contributed by atoms with Crippen LogP contribution < -0.4 is 5.56 Å². The fourth-order valence-corrected chi connectivity index (χ4v) is 2.34. The van der Waals surface area contributed by atoms with E-state index in [9.17, 15) is 14.0 Å². The van der Waals surface area contributed by atoms with Crippen molar-refractivity contribution in [1.29, 1.82) is 0 Å². The molecule has 22 heavy (non-hydrogen) atoms. The average molecular weight is 303 g/mol. The number of rotatable bonds is 2. The third-order valence-corrected chi connectivity index (χ3v) is 3.49. The van der Waals surface area contributed by atoms with Gasteiger partial charge in [0, 0.05) is 12.6 Å². The zero-order valence-corrected chi connectivity index (χ0v) is 11.7. The Kier molecular flexibility index (Phi) is 3.97. The summed E-state index contributed by atoms with van der Waals surface area (Å²) < 4.78 is 18.6. The molecule has 1 fully saturated rings. The van der Waals surface area contributed by atoms with Crippen molar-refractivity contribution in [2.75, 3.05) is 19.7 Å². The van der Waals surface area contributed by atoms with Gasteiger partial charge >= 0.3 is 0 Å². The number of carbonyl (C=O) groups is 1. The summed E-state index contributed by atoms with van der Waals surface area (Å²) in [5.74, 6) is -0.586. The lowest BCUT2D eigenvalue weighted by atomic mass is 10.1. The van der Waals surface area contributed by atoms with Crippen molar-refractivity contribution in [3.63, 3.8) is 0 Å². The molecule has 1 aromatic heterocycles. The van der Waals surface area contributed by atoms with Gasteiger partial charge in [-0.3, -0.25) is 9.59 Å². The number of H-pyrrole nitrogens is 1. The maximum Gasteiger partial charge on any atom is 0.274 e. The van der Waals surface area contributed by atoms with Crippen molar-refractivity contribution in [2.45, 2.75) is 6.10 Å². The second kappa shape index (κ2) is 6.07. The first kappa shape index (κ1) is 14.4. The van der Waals surface area contributed by atoms with Gasteiger partial charge in [0.2, 0.25) is 0 Å². The Labute approximate surface area is 125 Å². The maximum absolute atomic E-state index is 13.0. The lowest BCUT2D eigenvalue weighted by Crippen LogP contribution is -2.42. The Morgan fingerprint density at radius 3 is 2.73 bits per heavy atom. The Balaban J connectivity index is 1.75. The van der Waals surface area contributed by atoms with Crippen LogP contribution in [0.1, 0.15) is 22.2 Å². The SMILES string of the molecule is O=C(c1ccc(=O)[nH]n1)N1CCOC(c2ccc(F)cc2)C1. The molecule has 1 aliphatic heterocycles. The zero-order valence-electron chi connectivity index (χ0n) is 11.7. The third-order valence-electron chi connectivity index (χ3n) is 3.49. The molecular weight excluding hydrogens is 289 g/mol. The first-order chi connectivity index (χ1) is 10.6. The van der Waals surface area contributed by atoms with Gasteiger partial charge < -0.3 is 9.64 Å². The Morgan fingerprint density at radius 2 is 2.05 bits per heavy atom. The van der Waals surface area contributed by atoms with Crippen LogP contribution in [-0.4, -0.2) is 40.7 Å². The number of ether oxygens (including phenoxy) is 1. The zero-order chi connectivity index (χ0) is 15.5. The summed E-state index contributed by atoms with van der Waals surface area (Å²) in [6, 6.07) is 8.67. The van der Waals surface area contributed by atoms with Crippen LogP contribution in [0.2, 0.25) is 0 Å². The third kappa shape index (κ3) is 3.04. The van der Waals surface area contributed by atoms with Gasteiger partial charge in [-0.05, 0) is 23.8 Å². The number of aromatic amines is 1. The van der Waals surface area contributed by atoms with Crippen LogP contribution in [0.4, 0.5) is 4.39 Å². The van der Waals surface area contributed by atoms with E-state index in [1.54, 1.807) is 17.0 Å². The minimum atomic E-state index is -0.359. The molecule has 1 aromatic carbocycles. The minimum Gasteiger partial charge on any atom is -0.370 e. The van der Waals surface area contributed by atoms with E-state index in [1.165, 1.54) is 24.3 Å². The quantitative estimate of drug-likeness (QED) is 0.902. The molecule has 7 heteroatoms. The van der Waals surface area contributed by atoms with Crippen molar-refractivity contribution in [3.8, 4) is 0 Å². The van der Waals surface area contributed by atoms with Crippen LogP contribution in [0, 0.1) is 5.82 Å². The summed E-state index contributed by atoms with van der Waals surface area (Å²) in [4.78, 5) is 25.0. The molecule has 0 aliphatic carbocycles. The number of benzene rings is 1. The second-order valence-electron chi connectivity index (χ2n) is 4.97. The summed E-state index contributed by atoms with van der Waals surface area (Å²) in [5, 5.41) is 5.99. The van der Waals surface area contributed by atoms with Gasteiger partial charge in [0.15, 0.2) is 0 Å². The van der Waals surface area contributed by atoms with Gasteiger partial charge in [-0.2, -0.15) is 5.10 Å². The van der Waals surface area contributed by atoms with E-state index in [0.717, 1.165) is 5.56 Å². The topological polar surface area (TPSA) is 75.3 Å². The number of nitrogens with zero attached hydrogens (tertiary/aromatic N) is 2. The monoisotopic (exact) mass is 303 g/mol. The van der Waals surface area contributed by atoms with Gasteiger partial charge in [0.05, 0.1) is 13.2 Å². The summed E-state index contributed by atoms with van der Waals surface area (Å²) in [6.07, 6.45) is -0.305. The van der Waals surface area contributed by atoms with Crippen molar-refractivity contribution >= 4 is 5.91 Å². The second-order valence-corrected chi connectivity index (χ2v) is 4.97. The molecule has 1 saturated heterocycles. The number of aromatic nitrogens is 2. The molecule has 2 heterocycles. The van der Waals surface area contributed by atoms with Crippen LogP contribution in [0.3, 0.4) is 0 Å². The molecule has 2 aromatic rings. The van der Waals surface area contributed by atoms with Crippen molar-refractivity contribution in [2.24, 2.45) is 0 Å². The molecule has 0 bridgehead atoms. The molecule has 1 amide bonds. The van der Waals surface area contributed by atoms with Gasteiger partial charge in [0.1, 0.15) is 17.6 Å². The number of hydrogen-bond acceptors (Lipinski definition) is 4. The lowest BCUT2D eigenvalue weighted by molar-refractivity contribution is -0.0230. The first-order valence-electron chi connectivity index (χ1n) is 6.85. The average Bonchev–Trinajstić information content (AvgIpc) is 2.56. The number of hydrogen-bond donors (Lipinski definition) is 1. The minimum absolute atomic E-state index is 0.180. The number of carbonyl (C=O) groups excluding carboxylic acids is 1. The Morgan fingerprint density at radius 1 is 1.27 bits per heavy atom. The van der Waals surface area contributed by atoms with E-state index in [2.05, 4.69) is 10.2 Å². The molecule has 1 N–H and O–H groups in total. The summed E-state index contributed by atoms with van der Waals surface area (Å²) in [5.41, 5.74) is 0.635. The van der Waals surface area contributed by atoms with Crippen LogP contribution in [0.5, 0.6) is 0 Å². The molecule has 1 unspecified atom stereocenters. The summed E-state index contributed by atoms with van der Waals surface area (Å²) >= 11 is 0. The van der Waals surface area contributed by atoms with Gasteiger partial charge in [-0.15, -0.1) is 0 Å². The first-order valence-corrected chi connectivity index (χ1v) is 6.85. The van der Waals surface area contributed by atoms with Gasteiger partial charge in [0.25, 0.3) is 11.5 Å². The van der Waals surface area contributed by atoms with E-state index in [1.807, 2.05) is 0 Å². The van der Waals surface area contributed by atoms with Gasteiger partial charge in [-0.25, -0.2) is 9.49 Å². The Bertz CT molecular complexity index is 709. The normalized spacial score (nSPS) is 18.2. The number of nitrogens with one attached hydrogen (secondary N) is 1. The lowest BCUT2D eigenvalue weighted by Gasteiger charge is -2.33. The number of morpholine rings is 1. The molecular formula is C15H14FN3O3. The molecule has 114 valence electrons. The molecule has 0 radical (unpaired) electrons. The van der Waals surface area contributed by atoms with E-state index in [-0.39, 0.29) is 29.1 Å². The number of halogens is 1. The highest BCUT2D eigenvalue weighted by Gasteiger charge is 2.26. The predicted octanol–water partition coefficient (Wildman–Crippen LogP) is 1.12.